The summed E-state index contributed by atoms with van der Waals surface area (Å²) in [6.45, 7) is 5.99. The highest BCUT2D eigenvalue weighted by molar-refractivity contribution is 7.89. The van der Waals surface area contributed by atoms with E-state index in [4.69, 9.17) is 0 Å². The van der Waals surface area contributed by atoms with Crippen molar-refractivity contribution in [2.24, 2.45) is 4.99 Å². The van der Waals surface area contributed by atoms with Gasteiger partial charge in [0.15, 0.2) is 5.96 Å². The Kier molecular flexibility index (Phi) is 7.17. The van der Waals surface area contributed by atoms with Crippen LogP contribution in [0.15, 0.2) is 58.4 Å². The van der Waals surface area contributed by atoms with Gasteiger partial charge in [0, 0.05) is 13.1 Å². The lowest BCUT2D eigenvalue weighted by molar-refractivity contribution is 0.588. The van der Waals surface area contributed by atoms with Crippen LogP contribution in [0.4, 0.5) is 0 Å². The molecular weight excluding hydrogens is 348 g/mol. The third-order valence-corrected chi connectivity index (χ3v) is 5.24. The number of guanidine groups is 1. The monoisotopic (exact) mass is 374 g/mol. The lowest BCUT2D eigenvalue weighted by Crippen LogP contribution is -2.36. The van der Waals surface area contributed by atoms with E-state index in [1.807, 2.05) is 13.0 Å². The van der Waals surface area contributed by atoms with E-state index in [0.29, 0.717) is 13.1 Å². The van der Waals surface area contributed by atoms with Gasteiger partial charge < -0.3 is 10.6 Å². The molecule has 3 N–H and O–H groups in total. The number of rotatable bonds is 7. The number of sulfonamides is 1. The predicted octanol–water partition coefficient (Wildman–Crippen LogP) is 2.16. The topological polar surface area (TPSA) is 82.6 Å². The molecule has 7 heteroatoms. The molecule has 0 spiro atoms. The lowest BCUT2D eigenvalue weighted by Gasteiger charge is -2.12. The van der Waals surface area contributed by atoms with Crippen molar-refractivity contribution in [1.29, 1.82) is 0 Å². The van der Waals surface area contributed by atoms with Gasteiger partial charge in [0.1, 0.15) is 0 Å². The van der Waals surface area contributed by atoms with Gasteiger partial charge in [0.05, 0.1) is 11.4 Å². The van der Waals surface area contributed by atoms with E-state index in [-0.39, 0.29) is 4.90 Å². The van der Waals surface area contributed by atoms with Crippen LogP contribution in [-0.2, 0) is 23.1 Å². The molecule has 0 aromatic heterocycles. The van der Waals surface area contributed by atoms with Crippen molar-refractivity contribution >= 4 is 16.0 Å². The first-order valence-corrected chi connectivity index (χ1v) is 10.0. The summed E-state index contributed by atoms with van der Waals surface area (Å²) in [4.78, 5) is 4.85. The van der Waals surface area contributed by atoms with E-state index >= 15 is 0 Å². The number of nitrogens with one attached hydrogen (secondary N) is 3. The van der Waals surface area contributed by atoms with Crippen molar-refractivity contribution in [3.63, 3.8) is 0 Å². The maximum Gasteiger partial charge on any atom is 0.240 e. The quantitative estimate of drug-likeness (QED) is 0.512. The van der Waals surface area contributed by atoms with Gasteiger partial charge in [-0.1, -0.05) is 42.0 Å². The van der Waals surface area contributed by atoms with Gasteiger partial charge in [-0.15, -0.1) is 0 Å². The van der Waals surface area contributed by atoms with E-state index in [2.05, 4.69) is 45.5 Å². The molecule has 0 aliphatic rings. The lowest BCUT2D eigenvalue weighted by atomic mass is 10.1. The summed E-state index contributed by atoms with van der Waals surface area (Å²) < 4.78 is 25.8. The van der Waals surface area contributed by atoms with Crippen LogP contribution >= 0.6 is 0 Å². The fraction of sp³-hybridized carbons (Fsp3) is 0.316. The molecule has 0 heterocycles. The van der Waals surface area contributed by atoms with Gasteiger partial charge in [0.25, 0.3) is 0 Å². The highest BCUT2D eigenvalue weighted by Gasteiger charge is 2.10. The Morgan fingerprint density at radius 1 is 1.04 bits per heavy atom. The molecule has 0 aliphatic carbocycles. The minimum atomic E-state index is -3.40. The third-order valence-electron chi connectivity index (χ3n) is 3.81. The van der Waals surface area contributed by atoms with E-state index < -0.39 is 10.0 Å². The Morgan fingerprint density at radius 2 is 1.77 bits per heavy atom. The minimum Gasteiger partial charge on any atom is -0.357 e. The maximum atomic E-state index is 11.8. The zero-order valence-corrected chi connectivity index (χ0v) is 16.2. The molecule has 0 fully saturated rings. The molecular formula is C19H26N4O2S. The Labute approximate surface area is 155 Å². The fourth-order valence-corrected chi connectivity index (χ4v) is 3.14. The highest BCUT2D eigenvalue weighted by atomic mass is 32.2. The molecule has 0 bridgehead atoms. The fourth-order valence-electron chi connectivity index (χ4n) is 2.41. The Balaban J connectivity index is 2.00. The molecule has 26 heavy (non-hydrogen) atoms. The smallest absolute Gasteiger partial charge is 0.240 e. The van der Waals surface area contributed by atoms with E-state index in [0.717, 1.165) is 23.6 Å². The first-order valence-electron chi connectivity index (χ1n) is 8.55. The number of benzene rings is 2. The summed E-state index contributed by atoms with van der Waals surface area (Å²) in [5.74, 6) is 0.723. The molecule has 0 saturated heterocycles. The summed E-state index contributed by atoms with van der Waals surface area (Å²) in [5, 5.41) is 6.48. The van der Waals surface area contributed by atoms with Gasteiger partial charge in [-0.25, -0.2) is 18.1 Å². The average Bonchev–Trinajstić information content (AvgIpc) is 2.64. The SMILES string of the molecule is CCNC(=NCc1cccc(C)c1)NCc1ccc(S(=O)(=O)NC)cc1. The molecule has 2 aromatic rings. The van der Waals surface area contributed by atoms with Gasteiger partial charge in [-0.05, 0) is 44.2 Å². The van der Waals surface area contributed by atoms with Crippen LogP contribution in [0.25, 0.3) is 0 Å². The maximum absolute atomic E-state index is 11.8. The molecule has 0 amide bonds. The summed E-state index contributed by atoms with van der Waals surface area (Å²) in [7, 11) is -2.00. The van der Waals surface area contributed by atoms with E-state index in [1.165, 1.54) is 12.6 Å². The zero-order valence-electron chi connectivity index (χ0n) is 15.4. The van der Waals surface area contributed by atoms with Crippen LogP contribution in [0.2, 0.25) is 0 Å². The standard InChI is InChI=1S/C19H26N4O2S/c1-4-21-19(23-14-17-7-5-6-15(2)12-17)22-13-16-8-10-18(11-9-16)26(24,25)20-3/h5-12,20H,4,13-14H2,1-3H3,(H2,21,22,23). The predicted molar refractivity (Wildman–Crippen MR) is 106 cm³/mol. The highest BCUT2D eigenvalue weighted by Crippen LogP contribution is 2.10. The van der Waals surface area contributed by atoms with Crippen LogP contribution in [-0.4, -0.2) is 28.0 Å². The van der Waals surface area contributed by atoms with Gasteiger partial charge in [-0.2, -0.15) is 0 Å². The van der Waals surface area contributed by atoms with Crippen molar-refractivity contribution < 1.29 is 8.42 Å². The van der Waals surface area contributed by atoms with E-state index in [1.54, 1.807) is 24.3 Å². The van der Waals surface area contributed by atoms with Gasteiger partial charge >= 0.3 is 0 Å². The Morgan fingerprint density at radius 3 is 2.38 bits per heavy atom. The number of nitrogens with zero attached hydrogens (tertiary/aromatic N) is 1. The molecule has 0 unspecified atom stereocenters. The van der Waals surface area contributed by atoms with E-state index in [9.17, 15) is 8.42 Å². The Hall–Kier alpha value is -2.38. The summed E-state index contributed by atoms with van der Waals surface area (Å²) >= 11 is 0. The first-order chi connectivity index (χ1) is 12.4. The second-order valence-electron chi connectivity index (χ2n) is 5.89. The summed E-state index contributed by atoms with van der Waals surface area (Å²) in [5.41, 5.74) is 3.34. The van der Waals surface area contributed by atoms with Crippen LogP contribution in [0.1, 0.15) is 23.6 Å². The normalized spacial score (nSPS) is 12.0. The van der Waals surface area contributed by atoms with Crippen molar-refractivity contribution in [3.8, 4) is 0 Å². The molecule has 140 valence electrons. The molecule has 6 nitrogen and oxygen atoms in total. The molecule has 0 aliphatic heterocycles. The van der Waals surface area contributed by atoms with Crippen LogP contribution in [0, 0.1) is 6.92 Å². The van der Waals surface area contributed by atoms with Crippen LogP contribution in [0.3, 0.4) is 0 Å². The van der Waals surface area contributed by atoms with Crippen LogP contribution in [0.5, 0.6) is 0 Å². The molecule has 2 aromatic carbocycles. The van der Waals surface area contributed by atoms with Crippen molar-refractivity contribution in [1.82, 2.24) is 15.4 Å². The molecule has 0 saturated carbocycles. The average molecular weight is 375 g/mol. The van der Waals surface area contributed by atoms with Crippen molar-refractivity contribution in [2.45, 2.75) is 31.8 Å². The third kappa shape index (κ3) is 5.86. The van der Waals surface area contributed by atoms with Crippen LogP contribution < -0.4 is 15.4 Å². The molecule has 2 rings (SSSR count). The van der Waals surface area contributed by atoms with Gasteiger partial charge in [0.2, 0.25) is 10.0 Å². The van der Waals surface area contributed by atoms with Gasteiger partial charge in [-0.3, -0.25) is 0 Å². The number of hydrogen-bond acceptors (Lipinski definition) is 3. The minimum absolute atomic E-state index is 0.253. The molecule has 0 radical (unpaired) electrons. The summed E-state index contributed by atoms with van der Waals surface area (Å²) in [6.07, 6.45) is 0. The summed E-state index contributed by atoms with van der Waals surface area (Å²) in [6, 6.07) is 15.0. The second-order valence-corrected chi connectivity index (χ2v) is 7.78. The number of aryl methyl sites for hydroxylation is 1. The molecule has 0 atom stereocenters. The largest absolute Gasteiger partial charge is 0.357 e. The number of aliphatic imine (C=N–C) groups is 1. The first kappa shape index (κ1) is 19.9. The van der Waals surface area contributed by atoms with Crippen molar-refractivity contribution in [2.75, 3.05) is 13.6 Å². The second kappa shape index (κ2) is 9.35. The number of hydrogen-bond donors (Lipinski definition) is 3. The zero-order chi connectivity index (χ0) is 19.0. The van der Waals surface area contributed by atoms with Crippen molar-refractivity contribution in [3.05, 3.63) is 65.2 Å². The Bertz CT molecular complexity index is 846.